The van der Waals surface area contributed by atoms with Gasteiger partial charge in [0.05, 0.1) is 17.6 Å². The Morgan fingerprint density at radius 2 is 2.15 bits per heavy atom. The first kappa shape index (κ1) is 14.0. The Morgan fingerprint density at radius 3 is 2.90 bits per heavy atom. The smallest absolute Gasteiger partial charge is 0.228 e. The van der Waals surface area contributed by atoms with Crippen LogP contribution in [0.3, 0.4) is 0 Å². The molecule has 0 aliphatic carbocycles. The van der Waals surface area contributed by atoms with Crippen LogP contribution in [-0.2, 0) is 9.59 Å². The van der Waals surface area contributed by atoms with E-state index in [1.165, 1.54) is 6.42 Å². The minimum absolute atomic E-state index is 0.157. The molecule has 5 heteroatoms. The molecule has 1 heterocycles. The molecule has 5 nitrogen and oxygen atoms in total. The summed E-state index contributed by atoms with van der Waals surface area (Å²) >= 11 is 0. The van der Waals surface area contributed by atoms with Crippen LogP contribution in [0.1, 0.15) is 13.3 Å². The normalized spacial score (nSPS) is 12.1. The van der Waals surface area contributed by atoms with E-state index >= 15 is 0 Å². The number of carbonyl (C=O) groups is 2. The third kappa shape index (κ3) is 3.54. The maximum absolute atomic E-state index is 11.9. The van der Waals surface area contributed by atoms with Crippen molar-refractivity contribution in [3.05, 3.63) is 42.9 Å². The second kappa shape index (κ2) is 6.14. The van der Waals surface area contributed by atoms with Gasteiger partial charge in [0.2, 0.25) is 11.8 Å². The molecule has 0 aliphatic rings. The van der Waals surface area contributed by atoms with Gasteiger partial charge in [0.25, 0.3) is 0 Å². The van der Waals surface area contributed by atoms with Crippen molar-refractivity contribution in [2.24, 2.45) is 11.7 Å². The molecule has 1 aromatic heterocycles. The molecule has 0 saturated carbocycles. The Morgan fingerprint density at radius 1 is 1.35 bits per heavy atom. The lowest BCUT2D eigenvalue weighted by atomic mass is 10.0. The van der Waals surface area contributed by atoms with Gasteiger partial charge in [-0.25, -0.2) is 0 Å². The molecule has 2 amide bonds. The lowest BCUT2D eigenvalue weighted by Crippen LogP contribution is -2.20. The topological polar surface area (TPSA) is 85.1 Å². The Bertz CT molecular complexity index is 635. The summed E-state index contributed by atoms with van der Waals surface area (Å²) in [6.45, 7) is 1.77. The summed E-state index contributed by atoms with van der Waals surface area (Å²) in [5.74, 6) is -0.869. The Kier molecular flexibility index (Phi) is 4.30. The molecule has 0 aliphatic heterocycles. The number of fused-ring (bicyclic) bond motifs is 1. The molecule has 0 saturated heterocycles. The molecule has 3 N–H and O–H groups in total. The monoisotopic (exact) mass is 270 g/mol. The maximum Gasteiger partial charge on any atom is 0.228 e. The summed E-state index contributed by atoms with van der Waals surface area (Å²) in [7, 11) is 0. The van der Waals surface area contributed by atoms with Crippen molar-refractivity contribution in [3.8, 4) is 0 Å². The fraction of sp³-hybridized carbons (Fsp3) is 0.200. The summed E-state index contributed by atoms with van der Waals surface area (Å²) in [6.07, 6.45) is 3.32. The SMILES string of the molecule is C[C@@H]([CH]C(=O)Nc1cccc2ncccc12)CC(N)=O. The van der Waals surface area contributed by atoms with E-state index in [9.17, 15) is 9.59 Å². The lowest BCUT2D eigenvalue weighted by Gasteiger charge is -2.11. The molecule has 0 bridgehead atoms. The van der Waals surface area contributed by atoms with Crippen molar-refractivity contribution in [3.63, 3.8) is 0 Å². The molecule has 1 radical (unpaired) electrons. The number of nitrogens with two attached hydrogens (primary N) is 1. The number of hydrogen-bond donors (Lipinski definition) is 2. The molecule has 103 valence electrons. The van der Waals surface area contributed by atoms with Gasteiger partial charge in [-0.3, -0.25) is 14.6 Å². The van der Waals surface area contributed by atoms with Crippen LogP contribution in [0.2, 0.25) is 0 Å². The van der Waals surface area contributed by atoms with Gasteiger partial charge in [-0.1, -0.05) is 13.0 Å². The predicted molar refractivity (Wildman–Crippen MR) is 77.6 cm³/mol. The number of carbonyl (C=O) groups excluding carboxylic acids is 2. The third-order valence-corrected chi connectivity index (χ3v) is 2.86. The average Bonchev–Trinajstić information content (AvgIpc) is 2.38. The first-order chi connectivity index (χ1) is 9.56. The zero-order valence-corrected chi connectivity index (χ0v) is 11.2. The number of rotatable bonds is 5. The van der Waals surface area contributed by atoms with Crippen LogP contribution < -0.4 is 11.1 Å². The quantitative estimate of drug-likeness (QED) is 0.870. The fourth-order valence-corrected chi connectivity index (χ4v) is 2.02. The van der Waals surface area contributed by atoms with Crippen LogP contribution in [0.5, 0.6) is 0 Å². The molecule has 2 rings (SSSR count). The van der Waals surface area contributed by atoms with Gasteiger partial charge < -0.3 is 11.1 Å². The maximum atomic E-state index is 11.9. The summed E-state index contributed by atoms with van der Waals surface area (Å²) in [5.41, 5.74) is 6.61. The number of pyridine rings is 1. The molecule has 2 aromatic rings. The number of nitrogens with one attached hydrogen (secondary N) is 1. The largest absolute Gasteiger partial charge is 0.370 e. The number of primary amides is 1. The van der Waals surface area contributed by atoms with Crippen molar-refractivity contribution < 1.29 is 9.59 Å². The van der Waals surface area contributed by atoms with Crippen LogP contribution >= 0.6 is 0 Å². The van der Waals surface area contributed by atoms with Crippen LogP contribution in [0.15, 0.2) is 36.5 Å². The molecule has 0 fully saturated rings. The first-order valence-corrected chi connectivity index (χ1v) is 6.34. The van der Waals surface area contributed by atoms with E-state index in [4.69, 9.17) is 5.73 Å². The number of amides is 2. The van der Waals surface area contributed by atoms with Crippen molar-refractivity contribution >= 4 is 28.4 Å². The van der Waals surface area contributed by atoms with Gasteiger partial charge >= 0.3 is 0 Å². The Hall–Kier alpha value is -2.43. The van der Waals surface area contributed by atoms with Gasteiger partial charge in [-0.15, -0.1) is 0 Å². The third-order valence-electron chi connectivity index (χ3n) is 2.86. The predicted octanol–water partition coefficient (Wildman–Crippen LogP) is 1.89. The molecular formula is C15H16N3O2. The molecule has 0 unspecified atom stereocenters. The highest BCUT2D eigenvalue weighted by molar-refractivity contribution is 6.04. The molecular weight excluding hydrogens is 254 g/mol. The van der Waals surface area contributed by atoms with E-state index in [-0.39, 0.29) is 18.2 Å². The van der Waals surface area contributed by atoms with Crippen LogP contribution in [-0.4, -0.2) is 16.8 Å². The van der Waals surface area contributed by atoms with E-state index in [0.29, 0.717) is 5.69 Å². The molecule has 0 spiro atoms. The number of nitrogens with zero attached hydrogens (tertiary/aromatic N) is 1. The van der Waals surface area contributed by atoms with Crippen molar-refractivity contribution in [1.29, 1.82) is 0 Å². The number of hydrogen-bond acceptors (Lipinski definition) is 3. The van der Waals surface area contributed by atoms with E-state index in [1.807, 2.05) is 30.3 Å². The van der Waals surface area contributed by atoms with Gasteiger partial charge in [0, 0.05) is 18.0 Å². The summed E-state index contributed by atoms with van der Waals surface area (Å²) < 4.78 is 0. The highest BCUT2D eigenvalue weighted by Gasteiger charge is 2.13. The summed E-state index contributed by atoms with van der Waals surface area (Å²) in [6, 6.07) is 9.24. The fourth-order valence-electron chi connectivity index (χ4n) is 2.02. The lowest BCUT2D eigenvalue weighted by molar-refractivity contribution is -0.118. The van der Waals surface area contributed by atoms with E-state index < -0.39 is 5.91 Å². The molecule has 20 heavy (non-hydrogen) atoms. The number of aromatic nitrogens is 1. The van der Waals surface area contributed by atoms with Gasteiger partial charge in [-0.2, -0.15) is 0 Å². The molecule has 1 atom stereocenters. The summed E-state index contributed by atoms with van der Waals surface area (Å²) in [4.78, 5) is 26.9. The average molecular weight is 270 g/mol. The Balaban J connectivity index is 2.08. The van der Waals surface area contributed by atoms with Gasteiger partial charge in [0.1, 0.15) is 0 Å². The Labute approximate surface area is 117 Å². The highest BCUT2D eigenvalue weighted by Crippen LogP contribution is 2.21. The number of anilines is 1. The zero-order valence-electron chi connectivity index (χ0n) is 11.2. The van der Waals surface area contributed by atoms with E-state index in [1.54, 1.807) is 13.1 Å². The van der Waals surface area contributed by atoms with Crippen LogP contribution in [0, 0.1) is 12.3 Å². The van der Waals surface area contributed by atoms with Crippen LogP contribution in [0.25, 0.3) is 10.9 Å². The summed E-state index contributed by atoms with van der Waals surface area (Å²) in [5, 5.41) is 3.68. The van der Waals surface area contributed by atoms with E-state index in [2.05, 4.69) is 10.3 Å². The van der Waals surface area contributed by atoms with Crippen molar-refractivity contribution in [2.45, 2.75) is 13.3 Å². The van der Waals surface area contributed by atoms with E-state index in [0.717, 1.165) is 10.9 Å². The zero-order chi connectivity index (χ0) is 14.5. The number of benzene rings is 1. The van der Waals surface area contributed by atoms with Gasteiger partial charge in [0.15, 0.2) is 0 Å². The minimum atomic E-state index is -0.420. The first-order valence-electron chi connectivity index (χ1n) is 6.34. The second-order valence-electron chi connectivity index (χ2n) is 4.68. The van der Waals surface area contributed by atoms with Gasteiger partial charge in [-0.05, 0) is 30.2 Å². The van der Waals surface area contributed by atoms with Crippen LogP contribution in [0.4, 0.5) is 5.69 Å². The second-order valence-corrected chi connectivity index (χ2v) is 4.68. The van der Waals surface area contributed by atoms with Crippen molar-refractivity contribution in [2.75, 3.05) is 5.32 Å². The van der Waals surface area contributed by atoms with Crippen molar-refractivity contribution in [1.82, 2.24) is 4.98 Å². The molecule has 1 aromatic carbocycles. The highest BCUT2D eigenvalue weighted by atomic mass is 16.2. The standard InChI is InChI=1S/C15H16N3O2/c1-10(8-14(16)19)9-15(20)18-13-6-2-5-12-11(13)4-3-7-17-12/h2-7,9-10H,8H2,1H3,(H2,16,19)(H,18,20)/t10-/m1/s1. The minimum Gasteiger partial charge on any atom is -0.370 e.